The van der Waals surface area contributed by atoms with Crippen LogP contribution in [-0.4, -0.2) is 28.9 Å². The van der Waals surface area contributed by atoms with E-state index in [0.717, 1.165) is 37.9 Å². The zero-order chi connectivity index (χ0) is 13.9. The van der Waals surface area contributed by atoms with Crippen molar-refractivity contribution in [3.8, 4) is 5.75 Å². The quantitative estimate of drug-likeness (QED) is 0.639. The fourth-order valence-corrected chi connectivity index (χ4v) is 1.80. The van der Waals surface area contributed by atoms with Gasteiger partial charge in [0.2, 0.25) is 0 Å². The van der Waals surface area contributed by atoms with Gasteiger partial charge in [-0.15, -0.1) is 0 Å². The van der Waals surface area contributed by atoms with Crippen molar-refractivity contribution in [1.29, 1.82) is 0 Å². The van der Waals surface area contributed by atoms with Crippen LogP contribution >= 0.6 is 0 Å². The summed E-state index contributed by atoms with van der Waals surface area (Å²) in [5.41, 5.74) is 0. The van der Waals surface area contributed by atoms with Crippen molar-refractivity contribution in [3.63, 3.8) is 0 Å². The second-order valence-electron chi connectivity index (χ2n) is 4.57. The first kappa shape index (κ1) is 15.5. The topological polar surface area (TPSA) is 66.8 Å². The van der Waals surface area contributed by atoms with Crippen LogP contribution in [0.25, 0.3) is 0 Å². The Hall–Kier alpha value is -1.55. The molecule has 2 N–H and O–H groups in total. The highest BCUT2D eigenvalue weighted by Crippen LogP contribution is 2.11. The molecular weight excluding hydrogens is 244 g/mol. The van der Waals surface area contributed by atoms with Gasteiger partial charge in [0, 0.05) is 0 Å². The standard InChI is InChI=1S/C15H22O4/c16-14(15(17)18)11-7-2-1-3-8-12-19-13-9-5-4-6-10-13/h4-6,9-10,14,16H,1-3,7-8,11-12H2,(H,17,18). The maximum absolute atomic E-state index is 10.4. The number of hydrogen-bond acceptors (Lipinski definition) is 3. The summed E-state index contributed by atoms with van der Waals surface area (Å²) in [4.78, 5) is 10.4. The number of ether oxygens (including phenoxy) is 1. The van der Waals surface area contributed by atoms with Crippen LogP contribution in [0.1, 0.15) is 38.5 Å². The number of carbonyl (C=O) groups is 1. The number of rotatable bonds is 10. The molecule has 0 aliphatic rings. The lowest BCUT2D eigenvalue weighted by atomic mass is 10.1. The molecule has 0 saturated heterocycles. The van der Waals surface area contributed by atoms with Crippen molar-refractivity contribution in [2.24, 2.45) is 0 Å². The molecule has 0 heterocycles. The van der Waals surface area contributed by atoms with E-state index in [4.69, 9.17) is 14.9 Å². The second-order valence-corrected chi connectivity index (χ2v) is 4.57. The Labute approximate surface area is 114 Å². The summed E-state index contributed by atoms with van der Waals surface area (Å²) in [5, 5.41) is 17.6. The minimum absolute atomic E-state index is 0.343. The summed E-state index contributed by atoms with van der Waals surface area (Å²) < 4.78 is 5.56. The van der Waals surface area contributed by atoms with Gasteiger partial charge >= 0.3 is 5.97 Å². The summed E-state index contributed by atoms with van der Waals surface area (Å²) >= 11 is 0. The second kappa shape index (κ2) is 9.39. The maximum Gasteiger partial charge on any atom is 0.332 e. The number of carboxylic acids is 1. The molecular formula is C15H22O4. The number of aliphatic hydroxyl groups excluding tert-OH is 1. The van der Waals surface area contributed by atoms with E-state index < -0.39 is 12.1 Å². The van der Waals surface area contributed by atoms with Gasteiger partial charge in [-0.25, -0.2) is 4.79 Å². The number of unbranched alkanes of at least 4 members (excludes halogenated alkanes) is 4. The minimum Gasteiger partial charge on any atom is -0.494 e. The monoisotopic (exact) mass is 266 g/mol. The molecule has 0 aliphatic carbocycles. The first-order valence-electron chi connectivity index (χ1n) is 6.79. The van der Waals surface area contributed by atoms with Crippen molar-refractivity contribution in [2.75, 3.05) is 6.61 Å². The van der Waals surface area contributed by atoms with Gasteiger partial charge in [0.1, 0.15) is 5.75 Å². The molecule has 4 nitrogen and oxygen atoms in total. The van der Waals surface area contributed by atoms with Crippen LogP contribution in [0.3, 0.4) is 0 Å². The lowest BCUT2D eigenvalue weighted by molar-refractivity contribution is -0.146. The molecule has 0 saturated carbocycles. The number of para-hydroxylation sites is 1. The van der Waals surface area contributed by atoms with E-state index in [1.807, 2.05) is 30.3 Å². The van der Waals surface area contributed by atoms with E-state index in [1.54, 1.807) is 0 Å². The molecule has 0 spiro atoms. The maximum atomic E-state index is 10.4. The van der Waals surface area contributed by atoms with Gasteiger partial charge in [0.15, 0.2) is 6.10 Å². The van der Waals surface area contributed by atoms with Gasteiger partial charge < -0.3 is 14.9 Å². The summed E-state index contributed by atoms with van der Waals surface area (Å²) in [6, 6.07) is 9.73. The molecule has 0 aromatic heterocycles. The normalized spacial score (nSPS) is 12.1. The third-order valence-electron chi connectivity index (χ3n) is 2.92. The third kappa shape index (κ3) is 7.47. The predicted molar refractivity (Wildman–Crippen MR) is 73.3 cm³/mol. The van der Waals surface area contributed by atoms with Crippen LogP contribution in [0, 0.1) is 0 Å². The third-order valence-corrected chi connectivity index (χ3v) is 2.92. The van der Waals surface area contributed by atoms with Crippen LogP contribution in [0.4, 0.5) is 0 Å². The molecule has 1 rings (SSSR count). The average Bonchev–Trinajstić information content (AvgIpc) is 2.42. The Kier molecular flexibility index (Phi) is 7.66. The van der Waals surface area contributed by atoms with E-state index in [2.05, 4.69) is 0 Å². The number of aliphatic hydroxyl groups is 1. The zero-order valence-corrected chi connectivity index (χ0v) is 11.1. The van der Waals surface area contributed by atoms with Crippen LogP contribution in [-0.2, 0) is 4.79 Å². The zero-order valence-electron chi connectivity index (χ0n) is 11.1. The molecule has 1 atom stereocenters. The van der Waals surface area contributed by atoms with Gasteiger partial charge in [-0.3, -0.25) is 0 Å². The van der Waals surface area contributed by atoms with E-state index in [9.17, 15) is 4.79 Å². The first-order valence-corrected chi connectivity index (χ1v) is 6.79. The number of carboxylic acid groups (broad SMARTS) is 1. The van der Waals surface area contributed by atoms with Crippen molar-refractivity contribution in [3.05, 3.63) is 30.3 Å². The Morgan fingerprint density at radius 3 is 2.37 bits per heavy atom. The van der Waals surface area contributed by atoms with Crippen molar-refractivity contribution in [2.45, 2.75) is 44.6 Å². The largest absolute Gasteiger partial charge is 0.494 e. The average molecular weight is 266 g/mol. The summed E-state index contributed by atoms with van der Waals surface area (Å²) in [6.45, 7) is 0.710. The number of aliphatic carboxylic acids is 1. The number of hydrogen-bond donors (Lipinski definition) is 2. The highest BCUT2D eigenvalue weighted by molar-refractivity contribution is 5.71. The fraction of sp³-hybridized carbons (Fsp3) is 0.533. The van der Waals surface area contributed by atoms with Crippen molar-refractivity contribution >= 4 is 5.97 Å². The van der Waals surface area contributed by atoms with Gasteiger partial charge in [-0.2, -0.15) is 0 Å². The Morgan fingerprint density at radius 2 is 1.68 bits per heavy atom. The molecule has 0 bridgehead atoms. The molecule has 1 aromatic carbocycles. The lowest BCUT2D eigenvalue weighted by Crippen LogP contribution is -2.18. The van der Waals surface area contributed by atoms with Crippen molar-refractivity contribution in [1.82, 2.24) is 0 Å². The van der Waals surface area contributed by atoms with E-state index in [0.29, 0.717) is 13.0 Å². The highest BCUT2D eigenvalue weighted by atomic mass is 16.5. The fourth-order valence-electron chi connectivity index (χ4n) is 1.80. The smallest absolute Gasteiger partial charge is 0.332 e. The van der Waals surface area contributed by atoms with Crippen LogP contribution in [0.2, 0.25) is 0 Å². The van der Waals surface area contributed by atoms with Gasteiger partial charge in [-0.1, -0.05) is 43.9 Å². The lowest BCUT2D eigenvalue weighted by Gasteiger charge is -2.06. The molecule has 4 heteroatoms. The highest BCUT2D eigenvalue weighted by Gasteiger charge is 2.11. The summed E-state index contributed by atoms with van der Waals surface area (Å²) in [6.07, 6.45) is 3.96. The Bertz CT molecular complexity index is 350. The summed E-state index contributed by atoms with van der Waals surface area (Å²) in [7, 11) is 0. The van der Waals surface area contributed by atoms with Gasteiger partial charge in [0.05, 0.1) is 6.61 Å². The molecule has 0 amide bonds. The van der Waals surface area contributed by atoms with Gasteiger partial charge in [0.25, 0.3) is 0 Å². The SMILES string of the molecule is O=C(O)C(O)CCCCCCCOc1ccccc1. The Morgan fingerprint density at radius 1 is 1.05 bits per heavy atom. The van der Waals surface area contributed by atoms with Crippen LogP contribution in [0.5, 0.6) is 5.75 Å². The van der Waals surface area contributed by atoms with E-state index >= 15 is 0 Å². The molecule has 1 aromatic rings. The molecule has 0 radical (unpaired) electrons. The number of benzene rings is 1. The van der Waals surface area contributed by atoms with Crippen LogP contribution in [0.15, 0.2) is 30.3 Å². The Balaban J connectivity index is 1.90. The van der Waals surface area contributed by atoms with Gasteiger partial charge in [-0.05, 0) is 25.0 Å². The predicted octanol–water partition coefficient (Wildman–Crippen LogP) is 2.85. The first-order chi connectivity index (χ1) is 9.20. The molecule has 106 valence electrons. The van der Waals surface area contributed by atoms with E-state index in [-0.39, 0.29) is 0 Å². The van der Waals surface area contributed by atoms with Crippen LogP contribution < -0.4 is 4.74 Å². The molecule has 0 fully saturated rings. The van der Waals surface area contributed by atoms with Crippen molar-refractivity contribution < 1.29 is 19.7 Å². The minimum atomic E-state index is -1.21. The summed E-state index contributed by atoms with van der Waals surface area (Å²) in [5.74, 6) is -0.233. The molecule has 1 unspecified atom stereocenters. The molecule has 0 aliphatic heterocycles. The van der Waals surface area contributed by atoms with E-state index in [1.165, 1.54) is 0 Å². The molecule has 19 heavy (non-hydrogen) atoms.